The van der Waals surface area contributed by atoms with Gasteiger partial charge in [0.1, 0.15) is 5.69 Å². The molecule has 0 bridgehead atoms. The zero-order valence-corrected chi connectivity index (χ0v) is 14.8. The van der Waals surface area contributed by atoms with Crippen LogP contribution < -0.4 is 5.73 Å². The summed E-state index contributed by atoms with van der Waals surface area (Å²) >= 11 is 0. The second-order valence-corrected chi connectivity index (χ2v) is 7.08. The van der Waals surface area contributed by atoms with E-state index in [-0.39, 0.29) is 11.3 Å². The maximum absolute atomic E-state index is 13.1. The van der Waals surface area contributed by atoms with Gasteiger partial charge in [-0.15, -0.1) is 0 Å². The van der Waals surface area contributed by atoms with E-state index in [9.17, 15) is 4.79 Å². The normalized spacial score (nSPS) is 11.7. The van der Waals surface area contributed by atoms with Gasteiger partial charge in [-0.2, -0.15) is 0 Å². The molecule has 0 fully saturated rings. The molecule has 0 radical (unpaired) electrons. The predicted molar refractivity (Wildman–Crippen MR) is 99.2 cm³/mol. The highest BCUT2D eigenvalue weighted by molar-refractivity contribution is 6.07. The Bertz CT molecular complexity index is 885. The minimum Gasteiger partial charge on any atom is -0.463 e. The molecule has 0 aliphatic heterocycles. The summed E-state index contributed by atoms with van der Waals surface area (Å²) in [6.45, 7) is 5.19. The summed E-state index contributed by atoms with van der Waals surface area (Å²) in [5.41, 5.74) is 7.71. The second kappa shape index (κ2) is 6.69. The Balaban J connectivity index is 2.06. The molecule has 25 heavy (non-hydrogen) atoms. The molecule has 5 nitrogen and oxygen atoms in total. The molecule has 0 aliphatic rings. The molecule has 2 aromatic heterocycles. The van der Waals surface area contributed by atoms with Crippen LogP contribution in [0, 0.1) is 5.41 Å². The summed E-state index contributed by atoms with van der Waals surface area (Å²) in [6, 6.07) is 13.1. The Labute approximate surface area is 147 Å². The number of amides is 1. The van der Waals surface area contributed by atoms with Gasteiger partial charge in [-0.05, 0) is 36.2 Å². The molecule has 2 N–H and O–H groups in total. The quantitative estimate of drug-likeness (QED) is 0.773. The van der Waals surface area contributed by atoms with Gasteiger partial charge in [-0.3, -0.25) is 4.79 Å². The Kier molecular flexibility index (Phi) is 4.59. The monoisotopic (exact) mass is 337 g/mol. The largest absolute Gasteiger partial charge is 0.463 e. The van der Waals surface area contributed by atoms with Gasteiger partial charge in [0.05, 0.1) is 17.3 Å². The van der Waals surface area contributed by atoms with Gasteiger partial charge in [0.25, 0.3) is 5.91 Å². The minimum atomic E-state index is -0.142. The van der Waals surface area contributed by atoms with Crippen LogP contribution in [0.5, 0.6) is 0 Å². The maximum atomic E-state index is 13.1. The number of nitrogens with two attached hydrogens (primary N) is 1. The average Bonchev–Trinajstić information content (AvgIpc) is 3.14. The lowest BCUT2D eigenvalue weighted by molar-refractivity contribution is 0.0742. The third-order valence-electron chi connectivity index (χ3n) is 4.28. The first-order valence-electron chi connectivity index (χ1n) is 8.30. The summed E-state index contributed by atoms with van der Waals surface area (Å²) in [7, 11) is 1.81. The third-order valence-corrected chi connectivity index (χ3v) is 4.28. The number of rotatable bonds is 5. The lowest BCUT2D eigenvalue weighted by Crippen LogP contribution is -2.39. The molecule has 0 unspecified atom stereocenters. The molecular weight excluding hydrogens is 314 g/mol. The molecule has 1 amide bonds. The molecule has 1 aromatic carbocycles. The van der Waals surface area contributed by atoms with Crippen LogP contribution in [-0.2, 0) is 0 Å². The van der Waals surface area contributed by atoms with Gasteiger partial charge < -0.3 is 15.1 Å². The lowest BCUT2D eigenvalue weighted by atomic mass is 9.93. The van der Waals surface area contributed by atoms with E-state index in [1.807, 2.05) is 43.4 Å². The molecule has 5 heteroatoms. The number of nitrogens with zero attached hydrogens (tertiary/aromatic N) is 2. The van der Waals surface area contributed by atoms with Crippen LogP contribution in [-0.4, -0.2) is 35.9 Å². The summed E-state index contributed by atoms with van der Waals surface area (Å²) < 4.78 is 5.46. The van der Waals surface area contributed by atoms with Crippen molar-refractivity contribution in [2.45, 2.75) is 13.8 Å². The summed E-state index contributed by atoms with van der Waals surface area (Å²) in [6.07, 6.45) is 1.60. The molecule has 0 atom stereocenters. The van der Waals surface area contributed by atoms with Crippen LogP contribution in [0.1, 0.15) is 24.2 Å². The minimum absolute atomic E-state index is 0.0482. The highest BCUT2D eigenvalue weighted by atomic mass is 16.3. The Morgan fingerprint density at radius 3 is 2.68 bits per heavy atom. The second-order valence-electron chi connectivity index (χ2n) is 7.08. The fourth-order valence-electron chi connectivity index (χ4n) is 2.89. The molecule has 0 saturated heterocycles. The first-order chi connectivity index (χ1) is 11.9. The number of hydrogen-bond donors (Lipinski definition) is 1. The van der Waals surface area contributed by atoms with Gasteiger partial charge in [0.2, 0.25) is 0 Å². The molecule has 0 spiro atoms. The SMILES string of the molecule is CN(CC(C)(C)CN)C(=O)c1cc(-c2ccco2)nc2ccccc12. The van der Waals surface area contributed by atoms with E-state index in [4.69, 9.17) is 10.2 Å². The number of hydrogen-bond acceptors (Lipinski definition) is 4. The van der Waals surface area contributed by atoms with E-state index in [2.05, 4.69) is 18.8 Å². The van der Waals surface area contributed by atoms with E-state index in [0.717, 1.165) is 10.9 Å². The highest BCUT2D eigenvalue weighted by Crippen LogP contribution is 2.26. The zero-order valence-electron chi connectivity index (χ0n) is 14.8. The molecular formula is C20H23N3O2. The van der Waals surface area contributed by atoms with Crippen LogP contribution in [0.2, 0.25) is 0 Å². The number of pyridine rings is 1. The zero-order chi connectivity index (χ0) is 18.0. The smallest absolute Gasteiger partial charge is 0.254 e. The van der Waals surface area contributed by atoms with Crippen molar-refractivity contribution in [3.63, 3.8) is 0 Å². The van der Waals surface area contributed by atoms with E-state index < -0.39 is 0 Å². The maximum Gasteiger partial charge on any atom is 0.254 e. The first kappa shape index (κ1) is 17.2. The number of benzene rings is 1. The lowest BCUT2D eigenvalue weighted by Gasteiger charge is -2.29. The summed E-state index contributed by atoms with van der Waals surface area (Å²) in [5, 5.41) is 0.834. The third kappa shape index (κ3) is 3.56. The number of fused-ring (bicyclic) bond motifs is 1. The molecule has 0 saturated carbocycles. The molecule has 3 rings (SSSR count). The molecule has 130 valence electrons. The standard InChI is InChI=1S/C20H23N3O2/c1-20(2,12-21)13-23(3)19(24)15-11-17(18-9-6-10-25-18)22-16-8-5-4-7-14(15)16/h4-11H,12-13,21H2,1-3H3. The van der Waals surface area contributed by atoms with Gasteiger partial charge in [-0.1, -0.05) is 32.0 Å². The van der Waals surface area contributed by atoms with E-state index in [1.54, 1.807) is 17.2 Å². The van der Waals surface area contributed by atoms with Crippen molar-refractivity contribution >= 4 is 16.8 Å². The summed E-state index contributed by atoms with van der Waals surface area (Å²) in [4.78, 5) is 19.4. The molecule has 0 aliphatic carbocycles. The van der Waals surface area contributed by atoms with Gasteiger partial charge in [0.15, 0.2) is 5.76 Å². The van der Waals surface area contributed by atoms with Crippen LogP contribution in [0.4, 0.5) is 0 Å². The van der Waals surface area contributed by atoms with Crippen molar-refractivity contribution in [1.29, 1.82) is 0 Å². The van der Waals surface area contributed by atoms with Crippen molar-refractivity contribution in [3.8, 4) is 11.5 Å². The topological polar surface area (TPSA) is 72.4 Å². The van der Waals surface area contributed by atoms with Gasteiger partial charge >= 0.3 is 0 Å². The fraction of sp³-hybridized carbons (Fsp3) is 0.300. The predicted octanol–water partition coefficient (Wildman–Crippen LogP) is 3.55. The van der Waals surface area contributed by atoms with E-state index >= 15 is 0 Å². The number of aromatic nitrogens is 1. The van der Waals surface area contributed by atoms with Crippen molar-refractivity contribution < 1.29 is 9.21 Å². The Morgan fingerprint density at radius 2 is 2.00 bits per heavy atom. The average molecular weight is 337 g/mol. The summed E-state index contributed by atoms with van der Waals surface area (Å²) in [5.74, 6) is 0.595. The number of carbonyl (C=O) groups is 1. The number of furan rings is 1. The van der Waals surface area contributed by atoms with Crippen LogP contribution in [0.3, 0.4) is 0 Å². The van der Waals surface area contributed by atoms with Crippen LogP contribution in [0.25, 0.3) is 22.4 Å². The fourth-order valence-corrected chi connectivity index (χ4v) is 2.89. The van der Waals surface area contributed by atoms with Crippen LogP contribution in [0.15, 0.2) is 53.1 Å². The Morgan fingerprint density at radius 1 is 1.24 bits per heavy atom. The van der Waals surface area contributed by atoms with E-state index in [0.29, 0.717) is 30.1 Å². The molecule has 2 heterocycles. The van der Waals surface area contributed by atoms with Crippen molar-refractivity contribution in [2.75, 3.05) is 20.1 Å². The van der Waals surface area contributed by atoms with Crippen molar-refractivity contribution in [2.24, 2.45) is 11.1 Å². The van der Waals surface area contributed by atoms with Gasteiger partial charge in [0, 0.05) is 19.0 Å². The van der Waals surface area contributed by atoms with E-state index in [1.165, 1.54) is 0 Å². The molecule has 3 aromatic rings. The van der Waals surface area contributed by atoms with Crippen molar-refractivity contribution in [1.82, 2.24) is 9.88 Å². The van der Waals surface area contributed by atoms with Crippen molar-refractivity contribution in [3.05, 3.63) is 54.3 Å². The van der Waals surface area contributed by atoms with Crippen LogP contribution >= 0.6 is 0 Å². The highest BCUT2D eigenvalue weighted by Gasteiger charge is 2.24. The first-order valence-corrected chi connectivity index (χ1v) is 8.30. The Hall–Kier alpha value is -2.66. The number of para-hydroxylation sites is 1. The number of carbonyl (C=O) groups excluding carboxylic acids is 1. The van der Waals surface area contributed by atoms with Gasteiger partial charge in [-0.25, -0.2) is 4.98 Å².